The molecule has 0 aromatic carbocycles. The summed E-state index contributed by atoms with van der Waals surface area (Å²) in [6.45, 7) is 20.0. The van der Waals surface area contributed by atoms with E-state index in [1.165, 1.54) is 12.8 Å². The molecule has 0 aliphatic rings. The zero-order valence-electron chi connectivity index (χ0n) is 12.4. The Labute approximate surface area is 94.5 Å². The van der Waals surface area contributed by atoms with Crippen LogP contribution in [0.4, 0.5) is 0 Å². The van der Waals surface area contributed by atoms with Crippen molar-refractivity contribution in [2.24, 2.45) is 0 Å². The summed E-state index contributed by atoms with van der Waals surface area (Å²) in [7, 11) is 0. The molecule has 90 valence electrons. The predicted octanol–water partition coefficient (Wildman–Crippen LogP) is 5.91. The molecule has 0 heterocycles. The van der Waals surface area contributed by atoms with Crippen LogP contribution in [0, 0.1) is 11.8 Å². The molecular weight excluding hydrogens is 168 g/mol. The van der Waals surface area contributed by atoms with E-state index in [2.05, 4.69) is 25.7 Å². The summed E-state index contributed by atoms with van der Waals surface area (Å²) in [5.41, 5.74) is 0. The van der Waals surface area contributed by atoms with Crippen molar-refractivity contribution in [1.29, 1.82) is 0 Å². The third kappa shape index (κ3) is 530. The van der Waals surface area contributed by atoms with Crippen LogP contribution in [0.15, 0.2) is 0 Å². The molecule has 0 saturated heterocycles. The van der Waals surface area contributed by atoms with Crippen LogP contribution in [0.1, 0.15) is 82.1 Å². The lowest BCUT2D eigenvalue weighted by Gasteiger charge is -1.68. The molecule has 0 saturated carbocycles. The molecule has 0 atom stereocenters. The lowest BCUT2D eigenvalue weighted by atomic mass is 10.4. The highest BCUT2D eigenvalue weighted by Gasteiger charge is 1.56. The molecule has 0 aliphatic carbocycles. The van der Waals surface area contributed by atoms with Crippen LogP contribution in [-0.4, -0.2) is 0 Å². The minimum absolute atomic E-state index is 1.32. The SMILES string of the molecule is CC.CC.CC.CC#CC.CCCC. The molecule has 0 heteroatoms. The second kappa shape index (κ2) is 132. The van der Waals surface area contributed by atoms with Crippen LogP contribution in [-0.2, 0) is 0 Å². The fraction of sp³-hybridized carbons (Fsp3) is 0.857. The summed E-state index contributed by atoms with van der Waals surface area (Å²) in [4.78, 5) is 0. The van der Waals surface area contributed by atoms with Crippen LogP contribution in [0.5, 0.6) is 0 Å². The molecule has 0 spiro atoms. The van der Waals surface area contributed by atoms with Crippen molar-refractivity contribution >= 4 is 0 Å². The average Bonchev–Trinajstić information content (AvgIpc) is 2.36. The number of rotatable bonds is 1. The largest absolute Gasteiger partial charge is 0.107 e. The predicted molar refractivity (Wildman–Crippen MR) is 73.8 cm³/mol. The van der Waals surface area contributed by atoms with Crippen molar-refractivity contribution in [3.8, 4) is 11.8 Å². The van der Waals surface area contributed by atoms with E-state index < -0.39 is 0 Å². The summed E-state index contributed by atoms with van der Waals surface area (Å²) in [6, 6.07) is 0. The Hall–Kier alpha value is -0.440. The quantitative estimate of drug-likeness (QED) is 0.463. The van der Waals surface area contributed by atoms with Crippen LogP contribution in [0.2, 0.25) is 0 Å². The minimum Gasteiger partial charge on any atom is -0.107 e. The van der Waals surface area contributed by atoms with Crippen molar-refractivity contribution in [2.45, 2.75) is 82.1 Å². The standard InChI is InChI=1S/C4H10.C4H6.3C2H6/c2*1-3-4-2;3*1-2/h3-4H2,1-2H3;1-2H3;3*1-2H3. The van der Waals surface area contributed by atoms with Crippen molar-refractivity contribution in [2.75, 3.05) is 0 Å². The highest BCUT2D eigenvalue weighted by molar-refractivity contribution is 4.89. The van der Waals surface area contributed by atoms with Gasteiger partial charge in [-0.05, 0) is 13.8 Å². The maximum atomic E-state index is 2.68. The van der Waals surface area contributed by atoms with Gasteiger partial charge in [0, 0.05) is 0 Å². The van der Waals surface area contributed by atoms with Gasteiger partial charge in [0.1, 0.15) is 0 Å². The van der Waals surface area contributed by atoms with Crippen molar-refractivity contribution in [1.82, 2.24) is 0 Å². The van der Waals surface area contributed by atoms with Crippen molar-refractivity contribution < 1.29 is 0 Å². The summed E-state index contributed by atoms with van der Waals surface area (Å²) in [5, 5.41) is 0. The lowest BCUT2D eigenvalue weighted by molar-refractivity contribution is 0.886. The zero-order valence-corrected chi connectivity index (χ0v) is 12.4. The van der Waals surface area contributed by atoms with E-state index >= 15 is 0 Å². The summed E-state index contributed by atoms with van der Waals surface area (Å²) in [6.07, 6.45) is 2.64. The molecule has 0 radical (unpaired) electrons. The first-order valence-corrected chi connectivity index (χ1v) is 6.16. The monoisotopic (exact) mass is 202 g/mol. The fourth-order valence-corrected chi connectivity index (χ4v) is 0. The second-order valence-corrected chi connectivity index (χ2v) is 1.50. The second-order valence-electron chi connectivity index (χ2n) is 1.50. The minimum atomic E-state index is 1.32. The molecule has 0 unspecified atom stereocenters. The topological polar surface area (TPSA) is 0 Å². The first-order valence-electron chi connectivity index (χ1n) is 6.16. The van der Waals surface area contributed by atoms with Gasteiger partial charge in [-0.25, -0.2) is 0 Å². The molecule has 0 aromatic rings. The van der Waals surface area contributed by atoms with E-state index in [1.54, 1.807) is 0 Å². The molecule has 0 fully saturated rings. The third-order valence-corrected chi connectivity index (χ3v) is 0.750. The Balaban J connectivity index is -0.0000000255. The molecule has 0 N–H and O–H groups in total. The summed E-state index contributed by atoms with van der Waals surface area (Å²) < 4.78 is 0. The van der Waals surface area contributed by atoms with Gasteiger partial charge in [-0.3, -0.25) is 0 Å². The van der Waals surface area contributed by atoms with Gasteiger partial charge < -0.3 is 0 Å². The fourth-order valence-electron chi connectivity index (χ4n) is 0. The molecule has 0 aromatic heterocycles. The number of hydrogen-bond acceptors (Lipinski definition) is 0. The molecule has 0 bridgehead atoms. The molecule has 0 nitrogen and oxygen atoms in total. The first kappa shape index (κ1) is 29.2. The first-order chi connectivity index (χ1) is 6.83. The zero-order chi connectivity index (χ0) is 12.8. The Morgan fingerprint density at radius 1 is 0.571 bits per heavy atom. The highest BCUT2D eigenvalue weighted by Crippen LogP contribution is 1.76. The molecule has 0 rings (SSSR count). The van der Waals surface area contributed by atoms with Gasteiger partial charge in [0.05, 0.1) is 0 Å². The van der Waals surface area contributed by atoms with E-state index in [1.807, 2.05) is 55.4 Å². The van der Waals surface area contributed by atoms with Gasteiger partial charge >= 0.3 is 0 Å². The molecule has 0 aliphatic heterocycles. The summed E-state index contributed by atoms with van der Waals surface area (Å²) in [5.74, 6) is 5.36. The van der Waals surface area contributed by atoms with Gasteiger partial charge in [-0.15, -0.1) is 11.8 Å². The van der Waals surface area contributed by atoms with E-state index in [4.69, 9.17) is 0 Å². The molecule has 14 heavy (non-hydrogen) atoms. The van der Waals surface area contributed by atoms with E-state index in [-0.39, 0.29) is 0 Å². The Morgan fingerprint density at radius 2 is 0.714 bits per heavy atom. The Morgan fingerprint density at radius 3 is 0.714 bits per heavy atom. The summed E-state index contributed by atoms with van der Waals surface area (Å²) >= 11 is 0. The van der Waals surface area contributed by atoms with Gasteiger partial charge in [0.25, 0.3) is 0 Å². The van der Waals surface area contributed by atoms with Gasteiger partial charge in [0.15, 0.2) is 0 Å². The van der Waals surface area contributed by atoms with Crippen LogP contribution in [0.3, 0.4) is 0 Å². The number of hydrogen-bond donors (Lipinski definition) is 0. The lowest BCUT2D eigenvalue weighted by Crippen LogP contribution is -1.47. The maximum absolute atomic E-state index is 2.68. The van der Waals surface area contributed by atoms with Crippen LogP contribution in [0.25, 0.3) is 0 Å². The van der Waals surface area contributed by atoms with Crippen molar-refractivity contribution in [3.63, 3.8) is 0 Å². The van der Waals surface area contributed by atoms with E-state index in [0.717, 1.165) is 0 Å². The van der Waals surface area contributed by atoms with Crippen LogP contribution >= 0.6 is 0 Å². The Bertz CT molecular complexity index is 53.8. The van der Waals surface area contributed by atoms with Crippen molar-refractivity contribution in [3.05, 3.63) is 0 Å². The maximum Gasteiger partial charge on any atom is -0.00271 e. The molecular formula is C14H34. The van der Waals surface area contributed by atoms with E-state index in [9.17, 15) is 0 Å². The molecule has 0 amide bonds. The third-order valence-electron chi connectivity index (χ3n) is 0.750. The Kier molecular flexibility index (Phi) is 276. The highest BCUT2D eigenvalue weighted by atomic mass is 13.6. The smallest absolute Gasteiger partial charge is 0.00271 e. The normalized spacial score (nSPS) is 4.43. The average molecular weight is 202 g/mol. The van der Waals surface area contributed by atoms with Crippen LogP contribution < -0.4 is 0 Å². The van der Waals surface area contributed by atoms with Gasteiger partial charge in [-0.2, -0.15) is 0 Å². The van der Waals surface area contributed by atoms with Gasteiger partial charge in [0.2, 0.25) is 0 Å². The van der Waals surface area contributed by atoms with Gasteiger partial charge in [-0.1, -0.05) is 68.2 Å². The van der Waals surface area contributed by atoms with E-state index in [0.29, 0.717) is 0 Å². The number of unbranched alkanes of at least 4 members (excludes halogenated alkanes) is 1.